The molecule has 4 unspecified atom stereocenters. The van der Waals surface area contributed by atoms with Crippen molar-refractivity contribution in [3.8, 4) is 0 Å². The highest BCUT2D eigenvalue weighted by atomic mass is 16.5. The van der Waals surface area contributed by atoms with Gasteiger partial charge in [0.1, 0.15) is 0 Å². The molecule has 2 fully saturated rings. The fourth-order valence-corrected chi connectivity index (χ4v) is 3.62. The SMILES string of the molecule is Cc1cccc(C2CC(O)C(O)C2NC2CCOCC2)c1. The summed E-state index contributed by atoms with van der Waals surface area (Å²) in [6.45, 7) is 3.63. The number of aryl methyl sites for hydroxylation is 1. The van der Waals surface area contributed by atoms with Gasteiger partial charge in [-0.3, -0.25) is 0 Å². The van der Waals surface area contributed by atoms with Crippen LogP contribution in [0.4, 0.5) is 0 Å². The molecular formula is C17H25NO3. The summed E-state index contributed by atoms with van der Waals surface area (Å²) in [6.07, 6.45) is 1.22. The van der Waals surface area contributed by atoms with Crippen molar-refractivity contribution in [1.82, 2.24) is 5.32 Å². The van der Waals surface area contributed by atoms with E-state index in [0.717, 1.165) is 26.1 Å². The van der Waals surface area contributed by atoms with Crippen molar-refractivity contribution in [2.24, 2.45) is 0 Å². The Balaban J connectivity index is 1.77. The number of ether oxygens (including phenoxy) is 1. The number of rotatable bonds is 3. The molecule has 0 spiro atoms. The minimum Gasteiger partial charge on any atom is -0.390 e. The number of hydrogen-bond donors (Lipinski definition) is 3. The molecule has 1 aromatic carbocycles. The third kappa shape index (κ3) is 3.29. The van der Waals surface area contributed by atoms with Gasteiger partial charge in [-0.25, -0.2) is 0 Å². The van der Waals surface area contributed by atoms with Crippen LogP contribution >= 0.6 is 0 Å². The van der Waals surface area contributed by atoms with Crippen molar-refractivity contribution in [1.29, 1.82) is 0 Å². The molecule has 1 aliphatic carbocycles. The second-order valence-electron chi connectivity index (χ2n) is 6.39. The molecule has 4 heteroatoms. The summed E-state index contributed by atoms with van der Waals surface area (Å²) in [6, 6.07) is 8.68. The van der Waals surface area contributed by atoms with E-state index >= 15 is 0 Å². The normalized spacial score (nSPS) is 34.2. The number of aliphatic hydroxyl groups is 2. The first-order chi connectivity index (χ1) is 10.1. The highest BCUT2D eigenvalue weighted by Gasteiger charge is 2.43. The largest absolute Gasteiger partial charge is 0.390 e. The van der Waals surface area contributed by atoms with E-state index in [2.05, 4.69) is 30.4 Å². The summed E-state index contributed by atoms with van der Waals surface area (Å²) in [4.78, 5) is 0. The van der Waals surface area contributed by atoms with Gasteiger partial charge in [0.2, 0.25) is 0 Å². The molecular weight excluding hydrogens is 266 g/mol. The molecule has 0 aromatic heterocycles. The van der Waals surface area contributed by atoms with Crippen molar-refractivity contribution < 1.29 is 14.9 Å². The first-order valence-electron chi connectivity index (χ1n) is 7.91. The number of nitrogens with one attached hydrogen (secondary N) is 1. The minimum atomic E-state index is -0.696. The van der Waals surface area contributed by atoms with Crippen molar-refractivity contribution in [2.45, 2.75) is 56.4 Å². The summed E-state index contributed by atoms with van der Waals surface area (Å²) < 4.78 is 5.39. The third-order valence-corrected chi connectivity index (χ3v) is 4.81. The van der Waals surface area contributed by atoms with Crippen LogP contribution in [0.1, 0.15) is 36.3 Å². The Morgan fingerprint density at radius 1 is 1.19 bits per heavy atom. The molecule has 1 aromatic rings. The van der Waals surface area contributed by atoms with Crippen LogP contribution in [-0.4, -0.2) is 47.7 Å². The summed E-state index contributed by atoms with van der Waals surface area (Å²) >= 11 is 0. The van der Waals surface area contributed by atoms with E-state index in [1.807, 2.05) is 6.07 Å². The van der Waals surface area contributed by atoms with E-state index in [0.29, 0.717) is 12.5 Å². The number of aliphatic hydroxyl groups excluding tert-OH is 2. The Hall–Kier alpha value is -0.940. The molecule has 4 nitrogen and oxygen atoms in total. The monoisotopic (exact) mass is 291 g/mol. The average molecular weight is 291 g/mol. The number of hydrogen-bond acceptors (Lipinski definition) is 4. The minimum absolute atomic E-state index is 0.0788. The first-order valence-corrected chi connectivity index (χ1v) is 7.91. The third-order valence-electron chi connectivity index (χ3n) is 4.81. The smallest absolute Gasteiger partial charge is 0.0957 e. The predicted octanol–water partition coefficient (Wildman–Crippen LogP) is 1.34. The van der Waals surface area contributed by atoms with Crippen LogP contribution in [0, 0.1) is 6.92 Å². The van der Waals surface area contributed by atoms with Gasteiger partial charge in [0.15, 0.2) is 0 Å². The molecule has 4 atom stereocenters. The predicted molar refractivity (Wildman–Crippen MR) is 81.3 cm³/mol. The summed E-state index contributed by atoms with van der Waals surface area (Å²) in [5.74, 6) is 0.165. The van der Waals surface area contributed by atoms with Gasteiger partial charge in [-0.15, -0.1) is 0 Å². The second kappa shape index (κ2) is 6.44. The maximum absolute atomic E-state index is 10.3. The van der Waals surface area contributed by atoms with Gasteiger partial charge in [-0.05, 0) is 31.7 Å². The zero-order chi connectivity index (χ0) is 14.8. The van der Waals surface area contributed by atoms with Crippen LogP contribution in [0.5, 0.6) is 0 Å². The highest BCUT2D eigenvalue weighted by molar-refractivity contribution is 5.29. The lowest BCUT2D eigenvalue weighted by Crippen LogP contribution is -2.48. The lowest BCUT2D eigenvalue weighted by molar-refractivity contribution is 0.0205. The van der Waals surface area contributed by atoms with Gasteiger partial charge < -0.3 is 20.3 Å². The zero-order valence-electron chi connectivity index (χ0n) is 12.5. The Morgan fingerprint density at radius 3 is 2.67 bits per heavy atom. The van der Waals surface area contributed by atoms with Gasteiger partial charge in [0.25, 0.3) is 0 Å². The Labute approximate surface area is 126 Å². The Morgan fingerprint density at radius 2 is 1.95 bits per heavy atom. The van der Waals surface area contributed by atoms with Crippen LogP contribution in [0.25, 0.3) is 0 Å². The lowest BCUT2D eigenvalue weighted by atomic mass is 9.91. The van der Waals surface area contributed by atoms with Crippen LogP contribution in [0.15, 0.2) is 24.3 Å². The lowest BCUT2D eigenvalue weighted by Gasteiger charge is -2.31. The number of benzene rings is 1. The summed E-state index contributed by atoms with van der Waals surface area (Å²) in [7, 11) is 0. The van der Waals surface area contributed by atoms with E-state index in [4.69, 9.17) is 4.74 Å². The van der Waals surface area contributed by atoms with Gasteiger partial charge in [-0.1, -0.05) is 29.8 Å². The molecule has 116 valence electrons. The molecule has 1 saturated heterocycles. The van der Waals surface area contributed by atoms with E-state index in [1.54, 1.807) is 0 Å². The molecule has 3 rings (SSSR count). The topological polar surface area (TPSA) is 61.7 Å². The zero-order valence-corrected chi connectivity index (χ0v) is 12.5. The quantitative estimate of drug-likeness (QED) is 0.786. The van der Waals surface area contributed by atoms with E-state index in [9.17, 15) is 10.2 Å². The van der Waals surface area contributed by atoms with Crippen LogP contribution < -0.4 is 5.32 Å². The van der Waals surface area contributed by atoms with Crippen molar-refractivity contribution >= 4 is 0 Å². The highest BCUT2D eigenvalue weighted by Crippen LogP contribution is 2.36. The molecule has 0 amide bonds. The van der Waals surface area contributed by atoms with Crippen molar-refractivity contribution in [3.63, 3.8) is 0 Å². The van der Waals surface area contributed by atoms with E-state index in [1.165, 1.54) is 11.1 Å². The fourth-order valence-electron chi connectivity index (χ4n) is 3.62. The maximum Gasteiger partial charge on any atom is 0.0957 e. The molecule has 1 aliphatic heterocycles. The van der Waals surface area contributed by atoms with Crippen LogP contribution in [0.2, 0.25) is 0 Å². The van der Waals surface area contributed by atoms with Gasteiger partial charge >= 0.3 is 0 Å². The maximum atomic E-state index is 10.3. The molecule has 0 radical (unpaired) electrons. The summed E-state index contributed by atoms with van der Waals surface area (Å²) in [5, 5.41) is 24.0. The van der Waals surface area contributed by atoms with E-state index in [-0.39, 0.29) is 12.0 Å². The molecule has 1 saturated carbocycles. The van der Waals surface area contributed by atoms with Gasteiger partial charge in [-0.2, -0.15) is 0 Å². The molecule has 21 heavy (non-hydrogen) atoms. The summed E-state index contributed by atoms with van der Waals surface area (Å²) in [5.41, 5.74) is 2.42. The molecule has 0 bridgehead atoms. The molecule has 3 N–H and O–H groups in total. The van der Waals surface area contributed by atoms with Crippen molar-refractivity contribution in [2.75, 3.05) is 13.2 Å². The Kier molecular flexibility index (Phi) is 4.60. The van der Waals surface area contributed by atoms with Crippen molar-refractivity contribution in [3.05, 3.63) is 35.4 Å². The Bertz CT molecular complexity index is 473. The molecule has 1 heterocycles. The van der Waals surface area contributed by atoms with Gasteiger partial charge in [0.05, 0.1) is 12.2 Å². The van der Waals surface area contributed by atoms with Gasteiger partial charge in [0, 0.05) is 31.2 Å². The standard InChI is InChI=1S/C17H25NO3/c1-11-3-2-4-12(9-11)14-10-15(19)17(20)16(14)18-13-5-7-21-8-6-13/h2-4,9,13-20H,5-8,10H2,1H3. The average Bonchev–Trinajstić information content (AvgIpc) is 2.77. The van der Waals surface area contributed by atoms with Crippen LogP contribution in [-0.2, 0) is 4.74 Å². The second-order valence-corrected chi connectivity index (χ2v) is 6.39. The first kappa shape index (κ1) is 15.0. The fraction of sp³-hybridized carbons (Fsp3) is 0.647. The van der Waals surface area contributed by atoms with Crippen LogP contribution in [0.3, 0.4) is 0 Å². The molecule has 2 aliphatic rings. The van der Waals surface area contributed by atoms with E-state index < -0.39 is 12.2 Å².